The lowest BCUT2D eigenvalue weighted by atomic mass is 10.1. The summed E-state index contributed by atoms with van der Waals surface area (Å²) in [4.78, 5) is 30.8. The molecule has 2 rings (SSSR count). The molecule has 1 atom stereocenters. The van der Waals surface area contributed by atoms with Crippen molar-refractivity contribution in [2.24, 2.45) is 4.99 Å². The number of hydrogen-bond donors (Lipinski definition) is 1. The van der Waals surface area contributed by atoms with Crippen molar-refractivity contribution >= 4 is 40.7 Å². The highest BCUT2D eigenvalue weighted by Gasteiger charge is 2.39. The third-order valence-corrected chi connectivity index (χ3v) is 4.40. The lowest BCUT2D eigenvalue weighted by Gasteiger charge is -2.30. The monoisotopic (exact) mass is 487 g/mol. The molecule has 8 heteroatoms. The van der Waals surface area contributed by atoms with Crippen LogP contribution >= 0.6 is 22.6 Å². The topological polar surface area (TPSA) is 80.2 Å². The van der Waals surface area contributed by atoms with Crippen LogP contribution in [0, 0.1) is 3.57 Å². The molecule has 148 valence electrons. The summed E-state index contributed by atoms with van der Waals surface area (Å²) < 4.78 is 11.8. The third-order valence-electron chi connectivity index (χ3n) is 3.42. The molecule has 0 radical (unpaired) electrons. The zero-order valence-corrected chi connectivity index (χ0v) is 18.7. The largest absolute Gasteiger partial charge is 0.444 e. The first kappa shape index (κ1) is 21.5. The average molecular weight is 487 g/mol. The second-order valence-electron chi connectivity index (χ2n) is 8.18. The van der Waals surface area contributed by atoms with Gasteiger partial charge in [-0.15, -0.1) is 0 Å². The molecule has 0 aliphatic carbocycles. The molecule has 27 heavy (non-hydrogen) atoms. The highest BCUT2D eigenvalue weighted by molar-refractivity contribution is 14.1. The Kier molecular flexibility index (Phi) is 6.39. The van der Waals surface area contributed by atoms with E-state index in [-0.39, 0.29) is 12.0 Å². The van der Waals surface area contributed by atoms with Crippen molar-refractivity contribution in [3.63, 3.8) is 0 Å². The zero-order chi connectivity index (χ0) is 20.4. The van der Waals surface area contributed by atoms with Gasteiger partial charge in [-0.25, -0.2) is 19.5 Å². The lowest BCUT2D eigenvalue weighted by molar-refractivity contribution is 0.0321. The number of guanidine groups is 1. The first-order valence-corrected chi connectivity index (χ1v) is 9.76. The van der Waals surface area contributed by atoms with Crippen LogP contribution in [-0.4, -0.2) is 40.8 Å². The Bertz CT molecular complexity index is 750. The van der Waals surface area contributed by atoms with E-state index in [1.165, 1.54) is 4.90 Å². The van der Waals surface area contributed by atoms with Gasteiger partial charge in [0.05, 0.1) is 12.6 Å². The Balaban J connectivity index is 2.29. The Labute approximate surface area is 173 Å². The molecular weight excluding hydrogens is 461 g/mol. The minimum Gasteiger partial charge on any atom is -0.444 e. The Morgan fingerprint density at radius 3 is 2.26 bits per heavy atom. The standard InChI is InChI=1S/C19H26IN3O4/c1-18(2,3)26-16(24)22-15-21-11-14(12-9-7-8-10-13(12)20)23(15)17(25)27-19(4,5)6/h7-10,14H,11H2,1-6H3,(H,21,22,24). The maximum atomic E-state index is 12.9. The van der Waals surface area contributed by atoms with Crippen LogP contribution < -0.4 is 5.32 Å². The van der Waals surface area contributed by atoms with Gasteiger partial charge in [0.25, 0.3) is 0 Å². The molecule has 1 unspecified atom stereocenters. The normalized spacial score (nSPS) is 17.4. The highest BCUT2D eigenvalue weighted by atomic mass is 127. The molecule has 0 spiro atoms. The molecule has 2 amide bonds. The van der Waals surface area contributed by atoms with Crippen LogP contribution in [0.15, 0.2) is 29.3 Å². The summed E-state index contributed by atoms with van der Waals surface area (Å²) in [5, 5.41) is 2.58. The maximum Gasteiger partial charge on any atom is 0.417 e. The molecule has 1 aliphatic heterocycles. The summed E-state index contributed by atoms with van der Waals surface area (Å²) in [5.41, 5.74) is -0.395. The molecule has 0 saturated heterocycles. The minimum absolute atomic E-state index is 0.128. The van der Waals surface area contributed by atoms with Crippen molar-refractivity contribution in [3.05, 3.63) is 33.4 Å². The average Bonchev–Trinajstić information content (AvgIpc) is 2.87. The molecule has 7 nitrogen and oxygen atoms in total. The number of halogens is 1. The fraction of sp³-hybridized carbons (Fsp3) is 0.526. The van der Waals surface area contributed by atoms with E-state index in [0.29, 0.717) is 6.54 Å². The lowest BCUT2D eigenvalue weighted by Crippen LogP contribution is -2.48. The van der Waals surface area contributed by atoms with Crippen molar-refractivity contribution in [3.8, 4) is 0 Å². The summed E-state index contributed by atoms with van der Waals surface area (Å²) in [6.07, 6.45) is -1.24. The number of rotatable bonds is 1. The molecule has 0 saturated carbocycles. The fourth-order valence-corrected chi connectivity index (χ4v) is 3.23. The van der Waals surface area contributed by atoms with Crippen LogP contribution in [0.25, 0.3) is 0 Å². The van der Waals surface area contributed by atoms with Crippen LogP contribution in [0.5, 0.6) is 0 Å². The number of aliphatic imine (C=N–C) groups is 1. The van der Waals surface area contributed by atoms with E-state index in [1.807, 2.05) is 24.3 Å². The minimum atomic E-state index is -0.676. The highest BCUT2D eigenvalue weighted by Crippen LogP contribution is 2.31. The molecule has 1 aromatic rings. The molecule has 1 aliphatic rings. The molecule has 0 fully saturated rings. The van der Waals surface area contributed by atoms with Crippen LogP contribution in [0.1, 0.15) is 53.1 Å². The Hall–Kier alpha value is -1.84. The van der Waals surface area contributed by atoms with Gasteiger partial charge in [0.15, 0.2) is 0 Å². The van der Waals surface area contributed by atoms with E-state index >= 15 is 0 Å². The van der Waals surface area contributed by atoms with Crippen molar-refractivity contribution in [1.82, 2.24) is 10.2 Å². The summed E-state index contributed by atoms with van der Waals surface area (Å²) >= 11 is 2.22. The van der Waals surface area contributed by atoms with Gasteiger partial charge in [-0.3, -0.25) is 5.32 Å². The Morgan fingerprint density at radius 2 is 1.70 bits per heavy atom. The fourth-order valence-electron chi connectivity index (χ4n) is 2.48. The summed E-state index contributed by atoms with van der Waals surface area (Å²) in [6.45, 7) is 11.0. The molecule has 1 aromatic carbocycles. The molecule has 0 bridgehead atoms. The van der Waals surface area contributed by atoms with E-state index in [9.17, 15) is 9.59 Å². The second kappa shape index (κ2) is 8.04. The van der Waals surface area contributed by atoms with Gasteiger partial charge < -0.3 is 9.47 Å². The summed E-state index contributed by atoms with van der Waals surface area (Å²) in [7, 11) is 0. The summed E-state index contributed by atoms with van der Waals surface area (Å²) in [6, 6.07) is 7.37. The van der Waals surface area contributed by atoms with E-state index in [1.54, 1.807) is 41.5 Å². The number of nitrogens with zero attached hydrogens (tertiary/aromatic N) is 2. The van der Waals surface area contributed by atoms with E-state index in [0.717, 1.165) is 9.13 Å². The molecule has 1 N–H and O–H groups in total. The van der Waals surface area contributed by atoms with Crippen LogP contribution in [0.2, 0.25) is 0 Å². The van der Waals surface area contributed by atoms with Gasteiger partial charge in [0.2, 0.25) is 5.96 Å². The van der Waals surface area contributed by atoms with Crippen LogP contribution in [0.3, 0.4) is 0 Å². The number of carbonyl (C=O) groups excluding carboxylic acids is 2. The molecular formula is C19H26IN3O4. The van der Waals surface area contributed by atoms with Gasteiger partial charge in [-0.2, -0.15) is 0 Å². The van der Waals surface area contributed by atoms with Crippen molar-refractivity contribution in [2.75, 3.05) is 6.54 Å². The first-order valence-electron chi connectivity index (χ1n) is 8.68. The predicted molar refractivity (Wildman–Crippen MR) is 112 cm³/mol. The van der Waals surface area contributed by atoms with E-state index < -0.39 is 23.4 Å². The van der Waals surface area contributed by atoms with E-state index in [4.69, 9.17) is 9.47 Å². The van der Waals surface area contributed by atoms with Gasteiger partial charge in [-0.05, 0) is 75.8 Å². The smallest absolute Gasteiger partial charge is 0.417 e. The Morgan fingerprint density at radius 1 is 1.11 bits per heavy atom. The summed E-state index contributed by atoms with van der Waals surface area (Å²) in [5.74, 6) is 0.128. The van der Waals surface area contributed by atoms with Crippen molar-refractivity contribution in [1.29, 1.82) is 0 Å². The number of benzene rings is 1. The van der Waals surface area contributed by atoms with Gasteiger partial charge >= 0.3 is 12.2 Å². The van der Waals surface area contributed by atoms with Crippen LogP contribution in [-0.2, 0) is 9.47 Å². The van der Waals surface area contributed by atoms with E-state index in [2.05, 4.69) is 32.9 Å². The van der Waals surface area contributed by atoms with Gasteiger partial charge in [-0.1, -0.05) is 18.2 Å². The number of ether oxygens (including phenoxy) is 2. The number of hydrogen-bond acceptors (Lipinski definition) is 5. The SMILES string of the molecule is CC(C)(C)OC(=O)NC1=NCC(c2ccccc2I)N1C(=O)OC(C)(C)C. The number of carbonyl (C=O) groups is 2. The maximum absolute atomic E-state index is 12.9. The number of alkyl carbamates (subject to hydrolysis) is 1. The molecule has 1 heterocycles. The second-order valence-corrected chi connectivity index (χ2v) is 9.34. The predicted octanol–water partition coefficient (Wildman–Crippen LogP) is 4.46. The van der Waals surface area contributed by atoms with Gasteiger partial charge in [0.1, 0.15) is 11.2 Å². The first-order chi connectivity index (χ1) is 12.4. The quantitative estimate of drug-likeness (QED) is 0.594. The third kappa shape index (κ3) is 6.08. The van der Waals surface area contributed by atoms with Crippen LogP contribution in [0.4, 0.5) is 9.59 Å². The number of nitrogens with one attached hydrogen (secondary N) is 1. The van der Waals surface area contributed by atoms with Gasteiger partial charge in [0, 0.05) is 3.57 Å². The molecule has 0 aromatic heterocycles. The zero-order valence-electron chi connectivity index (χ0n) is 16.5. The number of amides is 2. The van der Waals surface area contributed by atoms with Crippen molar-refractivity contribution < 1.29 is 19.1 Å². The van der Waals surface area contributed by atoms with Crippen molar-refractivity contribution in [2.45, 2.75) is 58.8 Å².